The number of piperidine rings is 1. The average Bonchev–Trinajstić information content (AvgIpc) is 2.05. The van der Waals surface area contributed by atoms with Gasteiger partial charge in [-0.25, -0.2) is 0 Å². The van der Waals surface area contributed by atoms with Crippen molar-refractivity contribution >= 4 is 0 Å². The third-order valence-corrected chi connectivity index (χ3v) is 2.71. The normalized spacial score (nSPS) is 25.4. The first-order chi connectivity index (χ1) is 5.24. The molecule has 2 nitrogen and oxygen atoms in total. The second-order valence-corrected chi connectivity index (χ2v) is 3.75. The van der Waals surface area contributed by atoms with E-state index in [4.69, 9.17) is 5.11 Å². The lowest BCUT2D eigenvalue weighted by atomic mass is 9.98. The maximum absolute atomic E-state index is 8.91. The van der Waals surface area contributed by atoms with Gasteiger partial charge >= 0.3 is 0 Å². The van der Waals surface area contributed by atoms with Crippen molar-refractivity contribution in [2.24, 2.45) is 5.92 Å². The number of aliphatic hydroxyl groups is 1. The number of hydrogen-bond acceptors (Lipinski definition) is 2. The Morgan fingerprint density at radius 3 is 2.45 bits per heavy atom. The van der Waals surface area contributed by atoms with Crippen LogP contribution in [0.15, 0.2) is 0 Å². The van der Waals surface area contributed by atoms with Crippen LogP contribution in [0.1, 0.15) is 26.7 Å². The molecule has 1 N–H and O–H groups in total. The largest absolute Gasteiger partial charge is 0.395 e. The van der Waals surface area contributed by atoms with E-state index < -0.39 is 0 Å². The standard InChI is InChI=1S/C9H19NO/c1-8-3-5-10(6-4-8)9(2)7-11/h8-9,11H,3-7H2,1-2H3/t9-/m0/s1. The maximum Gasteiger partial charge on any atom is 0.0584 e. The van der Waals surface area contributed by atoms with Gasteiger partial charge in [0.25, 0.3) is 0 Å². The van der Waals surface area contributed by atoms with Crippen molar-refractivity contribution in [1.29, 1.82) is 0 Å². The summed E-state index contributed by atoms with van der Waals surface area (Å²) >= 11 is 0. The summed E-state index contributed by atoms with van der Waals surface area (Å²) in [6, 6.07) is 0.363. The van der Waals surface area contributed by atoms with Crippen LogP contribution >= 0.6 is 0 Å². The minimum atomic E-state index is 0.300. The molecular formula is C9H19NO. The van der Waals surface area contributed by atoms with Gasteiger partial charge in [-0.3, -0.25) is 4.90 Å². The topological polar surface area (TPSA) is 23.5 Å². The van der Waals surface area contributed by atoms with Crippen LogP contribution in [0.5, 0.6) is 0 Å². The van der Waals surface area contributed by atoms with Crippen LogP contribution in [0.25, 0.3) is 0 Å². The molecule has 0 unspecified atom stereocenters. The van der Waals surface area contributed by atoms with Gasteiger partial charge in [0.15, 0.2) is 0 Å². The molecule has 11 heavy (non-hydrogen) atoms. The highest BCUT2D eigenvalue weighted by atomic mass is 16.3. The van der Waals surface area contributed by atoms with Crippen LogP contribution in [0.3, 0.4) is 0 Å². The number of hydrogen-bond donors (Lipinski definition) is 1. The Hall–Kier alpha value is -0.0800. The van der Waals surface area contributed by atoms with Gasteiger partial charge in [-0.05, 0) is 38.8 Å². The summed E-state index contributed by atoms with van der Waals surface area (Å²) in [6.45, 7) is 7.04. The van der Waals surface area contributed by atoms with Gasteiger partial charge in [-0.15, -0.1) is 0 Å². The minimum absolute atomic E-state index is 0.300. The van der Waals surface area contributed by atoms with Gasteiger partial charge in [0.05, 0.1) is 6.61 Å². The van der Waals surface area contributed by atoms with Gasteiger partial charge in [-0.2, -0.15) is 0 Å². The fraction of sp³-hybridized carbons (Fsp3) is 1.00. The van der Waals surface area contributed by atoms with Gasteiger partial charge in [-0.1, -0.05) is 6.92 Å². The van der Waals surface area contributed by atoms with Crippen molar-refractivity contribution in [2.45, 2.75) is 32.7 Å². The number of nitrogens with zero attached hydrogens (tertiary/aromatic N) is 1. The van der Waals surface area contributed by atoms with E-state index in [2.05, 4.69) is 18.7 Å². The first-order valence-corrected chi connectivity index (χ1v) is 4.59. The predicted octanol–water partition coefficient (Wildman–Crippen LogP) is 1.10. The van der Waals surface area contributed by atoms with Gasteiger partial charge < -0.3 is 5.11 Å². The minimum Gasteiger partial charge on any atom is -0.395 e. The monoisotopic (exact) mass is 157 g/mol. The Balaban J connectivity index is 2.27. The van der Waals surface area contributed by atoms with Crippen molar-refractivity contribution < 1.29 is 5.11 Å². The van der Waals surface area contributed by atoms with E-state index in [-0.39, 0.29) is 0 Å². The van der Waals surface area contributed by atoms with Crippen LogP contribution in [-0.2, 0) is 0 Å². The number of likely N-dealkylation sites (tertiary alicyclic amines) is 1. The summed E-state index contributed by atoms with van der Waals surface area (Å²) in [4.78, 5) is 2.38. The summed E-state index contributed by atoms with van der Waals surface area (Å²) in [5, 5.41) is 8.91. The molecule has 1 saturated heterocycles. The van der Waals surface area contributed by atoms with E-state index in [0.29, 0.717) is 12.6 Å². The molecule has 0 radical (unpaired) electrons. The highest BCUT2D eigenvalue weighted by Gasteiger charge is 2.18. The second kappa shape index (κ2) is 4.07. The van der Waals surface area contributed by atoms with Crippen LogP contribution in [0.2, 0.25) is 0 Å². The quantitative estimate of drug-likeness (QED) is 0.649. The summed E-state index contributed by atoms with van der Waals surface area (Å²) in [5.74, 6) is 0.886. The van der Waals surface area contributed by atoms with Crippen molar-refractivity contribution in [2.75, 3.05) is 19.7 Å². The lowest BCUT2D eigenvalue weighted by Gasteiger charge is -2.33. The summed E-state index contributed by atoms with van der Waals surface area (Å²) in [7, 11) is 0. The molecule has 0 aromatic carbocycles. The summed E-state index contributed by atoms with van der Waals surface area (Å²) in [5.41, 5.74) is 0. The molecule has 1 aliphatic rings. The zero-order valence-corrected chi connectivity index (χ0v) is 7.58. The molecule has 1 atom stereocenters. The molecular weight excluding hydrogens is 138 g/mol. The van der Waals surface area contributed by atoms with E-state index in [1.807, 2.05) is 0 Å². The third-order valence-electron chi connectivity index (χ3n) is 2.71. The molecule has 1 heterocycles. The van der Waals surface area contributed by atoms with Crippen LogP contribution in [-0.4, -0.2) is 35.7 Å². The molecule has 0 aliphatic carbocycles. The van der Waals surface area contributed by atoms with Crippen molar-refractivity contribution in [3.8, 4) is 0 Å². The number of aliphatic hydroxyl groups excluding tert-OH is 1. The molecule has 0 saturated carbocycles. The molecule has 2 heteroatoms. The molecule has 1 rings (SSSR count). The Bertz CT molecular complexity index is 108. The fourth-order valence-corrected chi connectivity index (χ4v) is 1.58. The lowest BCUT2D eigenvalue weighted by Crippen LogP contribution is -2.41. The highest BCUT2D eigenvalue weighted by Crippen LogP contribution is 2.17. The molecule has 1 aliphatic heterocycles. The van der Waals surface area contributed by atoms with Crippen LogP contribution < -0.4 is 0 Å². The van der Waals surface area contributed by atoms with E-state index in [0.717, 1.165) is 5.92 Å². The molecule has 0 bridgehead atoms. The first kappa shape index (κ1) is 9.01. The van der Waals surface area contributed by atoms with Crippen LogP contribution in [0.4, 0.5) is 0 Å². The van der Waals surface area contributed by atoms with Crippen LogP contribution in [0, 0.1) is 5.92 Å². The second-order valence-electron chi connectivity index (χ2n) is 3.75. The Morgan fingerprint density at radius 2 is 2.00 bits per heavy atom. The molecule has 0 amide bonds. The molecule has 0 aromatic rings. The SMILES string of the molecule is CC1CCN([C@@H](C)CO)CC1. The van der Waals surface area contributed by atoms with Gasteiger partial charge in [0, 0.05) is 6.04 Å². The Morgan fingerprint density at radius 1 is 1.45 bits per heavy atom. The van der Waals surface area contributed by atoms with E-state index in [1.165, 1.54) is 25.9 Å². The molecule has 66 valence electrons. The average molecular weight is 157 g/mol. The lowest BCUT2D eigenvalue weighted by molar-refractivity contribution is 0.0998. The highest BCUT2D eigenvalue weighted by molar-refractivity contribution is 4.73. The zero-order valence-electron chi connectivity index (χ0n) is 7.58. The Labute approximate surface area is 69.2 Å². The van der Waals surface area contributed by atoms with E-state index in [9.17, 15) is 0 Å². The smallest absolute Gasteiger partial charge is 0.0584 e. The van der Waals surface area contributed by atoms with Crippen molar-refractivity contribution in [1.82, 2.24) is 4.90 Å². The fourth-order valence-electron chi connectivity index (χ4n) is 1.58. The van der Waals surface area contributed by atoms with E-state index in [1.54, 1.807) is 0 Å². The van der Waals surface area contributed by atoms with Gasteiger partial charge in [0.2, 0.25) is 0 Å². The summed E-state index contributed by atoms with van der Waals surface area (Å²) < 4.78 is 0. The Kier molecular flexibility index (Phi) is 3.34. The first-order valence-electron chi connectivity index (χ1n) is 4.59. The molecule has 1 fully saturated rings. The maximum atomic E-state index is 8.91. The van der Waals surface area contributed by atoms with Crippen molar-refractivity contribution in [3.63, 3.8) is 0 Å². The van der Waals surface area contributed by atoms with Gasteiger partial charge in [0.1, 0.15) is 0 Å². The third kappa shape index (κ3) is 2.46. The van der Waals surface area contributed by atoms with E-state index >= 15 is 0 Å². The molecule has 0 aromatic heterocycles. The van der Waals surface area contributed by atoms with Crippen molar-refractivity contribution in [3.05, 3.63) is 0 Å². The summed E-state index contributed by atoms with van der Waals surface area (Å²) in [6.07, 6.45) is 2.59. The number of rotatable bonds is 2. The predicted molar refractivity (Wildman–Crippen MR) is 46.5 cm³/mol. The zero-order chi connectivity index (χ0) is 8.27. The molecule has 0 spiro atoms.